The second-order valence-electron chi connectivity index (χ2n) is 7.05. The molecule has 1 fully saturated rings. The Morgan fingerprint density at radius 2 is 2.14 bits per heavy atom. The molecular formula is C21H28O5S2. The van der Waals surface area contributed by atoms with Gasteiger partial charge in [0.2, 0.25) is 0 Å². The topological polar surface area (TPSA) is 94.8 Å². The number of carbonyl (C=O) groups excluding carboxylic acids is 1. The number of rotatable bonds is 11. The minimum atomic E-state index is -0.818. The number of hydrogen-bond donors (Lipinski definition) is 3. The second-order valence-corrected chi connectivity index (χ2v) is 9.41. The van der Waals surface area contributed by atoms with E-state index in [4.69, 9.17) is 5.11 Å². The zero-order chi connectivity index (χ0) is 20.5. The average molecular weight is 425 g/mol. The summed E-state index contributed by atoms with van der Waals surface area (Å²) in [6, 6.07) is 7.97. The van der Waals surface area contributed by atoms with E-state index in [1.807, 2.05) is 31.2 Å². The molecule has 1 aromatic rings. The summed E-state index contributed by atoms with van der Waals surface area (Å²) in [6.07, 6.45) is 3.55. The predicted octanol–water partition coefficient (Wildman–Crippen LogP) is 2.71. The van der Waals surface area contributed by atoms with Crippen molar-refractivity contribution in [3.8, 4) is 0 Å². The SMILES string of the molecule is Cc1cccc(CC(O)C=C[C@H]2C(O)CC(=O)C2SCCCSCC(=O)O)c1. The van der Waals surface area contributed by atoms with Crippen molar-refractivity contribution < 1.29 is 24.9 Å². The van der Waals surface area contributed by atoms with E-state index in [0.717, 1.165) is 29.1 Å². The number of aliphatic hydroxyl groups excluding tert-OH is 2. The molecule has 28 heavy (non-hydrogen) atoms. The van der Waals surface area contributed by atoms with Gasteiger partial charge < -0.3 is 15.3 Å². The molecule has 0 amide bonds. The molecule has 3 N–H and O–H groups in total. The Bertz CT molecular complexity index is 691. The molecule has 0 spiro atoms. The van der Waals surface area contributed by atoms with Gasteiger partial charge in [-0.3, -0.25) is 9.59 Å². The van der Waals surface area contributed by atoms with E-state index < -0.39 is 18.2 Å². The lowest BCUT2D eigenvalue weighted by Gasteiger charge is -2.17. The number of aliphatic carboxylic acids is 1. The maximum absolute atomic E-state index is 12.2. The van der Waals surface area contributed by atoms with Crippen molar-refractivity contribution in [2.75, 3.05) is 17.3 Å². The number of benzene rings is 1. The normalized spacial score (nSPS) is 23.4. The molecule has 0 radical (unpaired) electrons. The molecule has 0 bridgehead atoms. The molecule has 1 aliphatic carbocycles. The van der Waals surface area contributed by atoms with Crippen LogP contribution in [0, 0.1) is 12.8 Å². The summed E-state index contributed by atoms with van der Waals surface area (Å²) in [5, 5.41) is 28.9. The first-order chi connectivity index (χ1) is 13.4. The van der Waals surface area contributed by atoms with Crippen molar-refractivity contribution in [2.24, 2.45) is 5.92 Å². The predicted molar refractivity (Wildman–Crippen MR) is 115 cm³/mol. The van der Waals surface area contributed by atoms with Gasteiger partial charge in [0.05, 0.1) is 23.2 Å². The highest BCUT2D eigenvalue weighted by Gasteiger charge is 2.40. The van der Waals surface area contributed by atoms with Crippen LogP contribution in [0.5, 0.6) is 0 Å². The van der Waals surface area contributed by atoms with Crippen molar-refractivity contribution >= 4 is 35.3 Å². The van der Waals surface area contributed by atoms with Gasteiger partial charge in [-0.25, -0.2) is 0 Å². The molecule has 3 unspecified atom stereocenters. The Morgan fingerprint density at radius 3 is 2.86 bits per heavy atom. The number of ketones is 1. The fraction of sp³-hybridized carbons (Fsp3) is 0.524. The third kappa shape index (κ3) is 7.62. The van der Waals surface area contributed by atoms with Crippen LogP contribution in [0.2, 0.25) is 0 Å². The first kappa shape index (κ1) is 23.0. The summed E-state index contributed by atoms with van der Waals surface area (Å²) in [4.78, 5) is 22.7. The van der Waals surface area contributed by atoms with Gasteiger partial charge >= 0.3 is 5.97 Å². The Kier molecular flexibility index (Phi) is 9.58. The van der Waals surface area contributed by atoms with Gasteiger partial charge in [-0.1, -0.05) is 42.0 Å². The van der Waals surface area contributed by atoms with E-state index in [0.29, 0.717) is 6.42 Å². The van der Waals surface area contributed by atoms with Crippen molar-refractivity contribution in [3.63, 3.8) is 0 Å². The number of Topliss-reactive ketones (excluding diaryl/α,β-unsaturated/α-hetero) is 1. The second kappa shape index (κ2) is 11.7. The molecule has 2 rings (SSSR count). The zero-order valence-corrected chi connectivity index (χ0v) is 17.6. The quantitative estimate of drug-likeness (QED) is 0.371. The summed E-state index contributed by atoms with van der Waals surface area (Å²) in [5.74, 6) is 0.497. The van der Waals surface area contributed by atoms with Gasteiger partial charge in [0.1, 0.15) is 5.78 Å². The maximum atomic E-state index is 12.2. The molecule has 0 aromatic heterocycles. The highest BCUT2D eigenvalue weighted by molar-refractivity contribution is 8.01. The number of thioether (sulfide) groups is 2. The van der Waals surface area contributed by atoms with Crippen LogP contribution in [0.3, 0.4) is 0 Å². The van der Waals surface area contributed by atoms with Crippen LogP contribution in [0.4, 0.5) is 0 Å². The smallest absolute Gasteiger partial charge is 0.313 e. The zero-order valence-electron chi connectivity index (χ0n) is 16.0. The van der Waals surface area contributed by atoms with Crippen LogP contribution in [0.25, 0.3) is 0 Å². The van der Waals surface area contributed by atoms with Crippen molar-refractivity contribution in [3.05, 3.63) is 47.5 Å². The molecule has 1 aliphatic rings. The summed E-state index contributed by atoms with van der Waals surface area (Å²) < 4.78 is 0. The number of carbonyl (C=O) groups is 2. The minimum Gasteiger partial charge on any atom is -0.481 e. The highest BCUT2D eigenvalue weighted by atomic mass is 32.2. The number of carboxylic acids is 1. The Labute approximate surface area is 174 Å². The Hall–Kier alpha value is -1.28. The molecule has 7 heteroatoms. The summed E-state index contributed by atoms with van der Waals surface area (Å²) in [6.45, 7) is 2.01. The number of aliphatic hydroxyl groups is 2. The van der Waals surface area contributed by atoms with Crippen LogP contribution in [-0.2, 0) is 16.0 Å². The molecule has 1 saturated carbocycles. The molecule has 0 aliphatic heterocycles. The lowest BCUT2D eigenvalue weighted by molar-refractivity contribution is -0.133. The first-order valence-electron chi connectivity index (χ1n) is 9.40. The number of hydrogen-bond acceptors (Lipinski definition) is 6. The van der Waals surface area contributed by atoms with Gasteiger partial charge in [0, 0.05) is 18.8 Å². The minimum absolute atomic E-state index is 0.0403. The van der Waals surface area contributed by atoms with Crippen LogP contribution in [-0.4, -0.2) is 61.8 Å². The van der Waals surface area contributed by atoms with Gasteiger partial charge in [0.25, 0.3) is 0 Å². The van der Waals surface area contributed by atoms with Crippen molar-refractivity contribution in [2.45, 2.75) is 43.6 Å². The van der Waals surface area contributed by atoms with Crippen LogP contribution in [0.1, 0.15) is 24.0 Å². The fourth-order valence-corrected chi connectivity index (χ4v) is 5.44. The molecule has 4 atom stereocenters. The molecule has 1 aromatic carbocycles. The van der Waals surface area contributed by atoms with Gasteiger partial charge in [-0.15, -0.1) is 11.8 Å². The Balaban J connectivity index is 1.83. The van der Waals surface area contributed by atoms with E-state index in [-0.39, 0.29) is 29.1 Å². The molecule has 154 valence electrons. The third-order valence-electron chi connectivity index (χ3n) is 4.56. The maximum Gasteiger partial charge on any atom is 0.313 e. The molecule has 0 saturated heterocycles. The monoisotopic (exact) mass is 424 g/mol. The van der Waals surface area contributed by atoms with Crippen LogP contribution in [0.15, 0.2) is 36.4 Å². The van der Waals surface area contributed by atoms with Crippen LogP contribution >= 0.6 is 23.5 Å². The van der Waals surface area contributed by atoms with Crippen LogP contribution < -0.4 is 0 Å². The van der Waals surface area contributed by atoms with Gasteiger partial charge in [-0.2, -0.15) is 11.8 Å². The molecular weight excluding hydrogens is 396 g/mol. The summed E-state index contributed by atoms with van der Waals surface area (Å²) in [7, 11) is 0. The van der Waals surface area contributed by atoms with Crippen molar-refractivity contribution in [1.82, 2.24) is 0 Å². The number of aryl methyl sites for hydroxylation is 1. The average Bonchev–Trinajstić information content (AvgIpc) is 2.89. The van der Waals surface area contributed by atoms with E-state index in [9.17, 15) is 19.8 Å². The summed E-state index contributed by atoms with van der Waals surface area (Å²) in [5.41, 5.74) is 2.19. The van der Waals surface area contributed by atoms with E-state index in [2.05, 4.69) is 0 Å². The summed E-state index contributed by atoms with van der Waals surface area (Å²) >= 11 is 2.89. The van der Waals surface area contributed by atoms with E-state index in [1.165, 1.54) is 23.5 Å². The highest BCUT2D eigenvalue weighted by Crippen LogP contribution is 2.34. The van der Waals surface area contributed by atoms with E-state index in [1.54, 1.807) is 12.2 Å². The van der Waals surface area contributed by atoms with Gasteiger partial charge in [-0.05, 0) is 30.4 Å². The first-order valence-corrected chi connectivity index (χ1v) is 11.6. The van der Waals surface area contributed by atoms with Gasteiger partial charge in [0.15, 0.2) is 0 Å². The molecule has 0 heterocycles. The standard InChI is InChI=1S/C21H28O5S2/c1-14-4-2-5-15(10-14)11-16(22)6-7-17-18(23)12-19(24)21(17)28-9-3-8-27-13-20(25)26/h2,4-7,10,16-18,21-23H,3,8-9,11-13H2,1H3,(H,25,26)/t16?,17-,18?,21?/m0/s1. The lowest BCUT2D eigenvalue weighted by Crippen LogP contribution is -2.22. The Morgan fingerprint density at radius 1 is 1.36 bits per heavy atom. The molecule has 5 nitrogen and oxygen atoms in total. The van der Waals surface area contributed by atoms with E-state index >= 15 is 0 Å². The third-order valence-corrected chi connectivity index (χ3v) is 7.05. The fourth-order valence-electron chi connectivity index (χ4n) is 3.24. The number of carboxylic acid groups (broad SMARTS) is 1. The van der Waals surface area contributed by atoms with Crippen molar-refractivity contribution in [1.29, 1.82) is 0 Å². The lowest BCUT2D eigenvalue weighted by atomic mass is 10.0. The largest absolute Gasteiger partial charge is 0.481 e.